The maximum atomic E-state index is 9.38. The van der Waals surface area contributed by atoms with Crippen molar-refractivity contribution in [2.75, 3.05) is 17.2 Å². The maximum Gasteiger partial charge on any atom is 0.228 e. The van der Waals surface area contributed by atoms with E-state index in [2.05, 4.69) is 32.5 Å². The summed E-state index contributed by atoms with van der Waals surface area (Å²) in [5, 5.41) is 16.2. The Morgan fingerprint density at radius 1 is 1.12 bits per heavy atom. The topological polar surface area (TPSA) is 83.0 Å². The normalized spacial score (nSPS) is 18.0. The molecule has 1 unspecified atom stereocenters. The lowest BCUT2D eigenvalue weighted by atomic mass is 10.1. The molecule has 6 heteroatoms. The van der Waals surface area contributed by atoms with Crippen molar-refractivity contribution in [1.82, 2.24) is 15.0 Å². The van der Waals surface area contributed by atoms with Crippen LogP contribution in [-0.4, -0.2) is 32.6 Å². The van der Waals surface area contributed by atoms with Crippen LogP contribution in [0.15, 0.2) is 24.3 Å². The second kappa shape index (κ2) is 6.96. The number of hydrogen-bond acceptors (Lipinski definition) is 6. The minimum Gasteiger partial charge on any atom is -0.392 e. The molecule has 2 aliphatic rings. The fourth-order valence-corrected chi connectivity index (χ4v) is 2.93. The van der Waals surface area contributed by atoms with Gasteiger partial charge < -0.3 is 15.7 Å². The van der Waals surface area contributed by atoms with E-state index in [0.29, 0.717) is 23.8 Å². The number of nitrogens with zero attached hydrogens (tertiary/aromatic N) is 3. The molecule has 0 bridgehead atoms. The summed E-state index contributed by atoms with van der Waals surface area (Å²) >= 11 is 0. The highest BCUT2D eigenvalue weighted by Crippen LogP contribution is 2.34. The minimum atomic E-state index is 0.00946. The average molecular weight is 339 g/mol. The number of aliphatic hydroxyl groups excluding tert-OH is 1. The maximum absolute atomic E-state index is 9.38. The molecule has 132 valence electrons. The van der Waals surface area contributed by atoms with Gasteiger partial charge in [-0.05, 0) is 56.1 Å². The fourth-order valence-electron chi connectivity index (χ4n) is 2.93. The number of hydrogen-bond donors (Lipinski definition) is 3. The largest absolute Gasteiger partial charge is 0.392 e. The Kier molecular flexibility index (Phi) is 4.53. The zero-order valence-electron chi connectivity index (χ0n) is 14.6. The second-order valence-corrected chi connectivity index (χ2v) is 7.26. The van der Waals surface area contributed by atoms with Gasteiger partial charge in [0.15, 0.2) is 5.82 Å². The molecule has 25 heavy (non-hydrogen) atoms. The van der Waals surface area contributed by atoms with Gasteiger partial charge in [0.25, 0.3) is 0 Å². The first-order valence-electron chi connectivity index (χ1n) is 9.18. The van der Waals surface area contributed by atoms with Crippen molar-refractivity contribution < 1.29 is 5.11 Å². The molecule has 4 rings (SSSR count). The van der Waals surface area contributed by atoms with Crippen LogP contribution in [-0.2, 0) is 6.61 Å². The Morgan fingerprint density at radius 2 is 1.92 bits per heavy atom. The van der Waals surface area contributed by atoms with Gasteiger partial charge in [0, 0.05) is 18.2 Å². The van der Waals surface area contributed by atoms with E-state index >= 15 is 0 Å². The average Bonchev–Trinajstić information content (AvgIpc) is 3.53. The third-order valence-electron chi connectivity index (χ3n) is 4.93. The second-order valence-electron chi connectivity index (χ2n) is 7.26. The predicted octanol–water partition coefficient (Wildman–Crippen LogP) is 3.06. The molecule has 3 N–H and O–H groups in total. The fraction of sp³-hybridized carbons (Fsp3) is 0.526. The molecule has 0 radical (unpaired) electrons. The summed E-state index contributed by atoms with van der Waals surface area (Å²) < 4.78 is 0. The van der Waals surface area contributed by atoms with Crippen LogP contribution >= 0.6 is 0 Å². The molecular weight excluding hydrogens is 314 g/mol. The molecule has 0 saturated heterocycles. The number of benzene rings is 1. The summed E-state index contributed by atoms with van der Waals surface area (Å²) in [7, 11) is 0. The van der Waals surface area contributed by atoms with Crippen molar-refractivity contribution in [1.29, 1.82) is 0 Å². The Bertz CT molecular complexity index is 742. The lowest BCUT2D eigenvalue weighted by Crippen LogP contribution is -2.20. The van der Waals surface area contributed by atoms with Gasteiger partial charge in [0.1, 0.15) is 0 Å². The standard InChI is InChI=1S/C19H25N5O/c1-12(15-7-8-15)21-19-23-17(16-4-2-3-14(9-16)11-25)22-18(24-19)20-10-13-5-6-13/h2-4,9,12-13,15,25H,5-8,10-11H2,1H3,(H2,20,21,22,23,24). The van der Waals surface area contributed by atoms with Gasteiger partial charge in [-0.25, -0.2) is 0 Å². The molecule has 0 aliphatic heterocycles. The van der Waals surface area contributed by atoms with Crippen molar-refractivity contribution in [3.8, 4) is 11.4 Å². The van der Waals surface area contributed by atoms with E-state index in [9.17, 15) is 5.11 Å². The van der Waals surface area contributed by atoms with Crippen molar-refractivity contribution >= 4 is 11.9 Å². The molecule has 1 aromatic heterocycles. The first-order valence-corrected chi connectivity index (χ1v) is 9.18. The highest BCUT2D eigenvalue weighted by atomic mass is 16.3. The van der Waals surface area contributed by atoms with E-state index in [1.54, 1.807) is 0 Å². The van der Waals surface area contributed by atoms with E-state index in [-0.39, 0.29) is 6.61 Å². The number of nitrogens with one attached hydrogen (secondary N) is 2. The highest BCUT2D eigenvalue weighted by molar-refractivity contribution is 5.59. The Labute approximate surface area is 148 Å². The summed E-state index contributed by atoms with van der Waals surface area (Å²) in [5.74, 6) is 3.35. The van der Waals surface area contributed by atoms with Crippen molar-refractivity contribution in [3.63, 3.8) is 0 Å². The van der Waals surface area contributed by atoms with Crippen molar-refractivity contribution in [3.05, 3.63) is 29.8 Å². The lowest BCUT2D eigenvalue weighted by Gasteiger charge is -2.15. The lowest BCUT2D eigenvalue weighted by molar-refractivity contribution is 0.282. The van der Waals surface area contributed by atoms with Gasteiger partial charge in [0.05, 0.1) is 6.61 Å². The summed E-state index contributed by atoms with van der Waals surface area (Å²) in [6, 6.07) is 8.07. The summed E-state index contributed by atoms with van der Waals surface area (Å²) in [5.41, 5.74) is 1.75. The van der Waals surface area contributed by atoms with Crippen LogP contribution in [0.5, 0.6) is 0 Å². The Balaban J connectivity index is 1.61. The van der Waals surface area contributed by atoms with Crippen molar-refractivity contribution in [2.45, 2.75) is 45.3 Å². The quantitative estimate of drug-likeness (QED) is 0.686. The summed E-state index contributed by atoms with van der Waals surface area (Å²) in [6.07, 6.45) is 5.12. The Hall–Kier alpha value is -2.21. The molecule has 2 aromatic rings. The molecule has 1 heterocycles. The molecular formula is C19H25N5O. The molecule has 6 nitrogen and oxygen atoms in total. The first-order chi connectivity index (χ1) is 12.2. The SMILES string of the molecule is CC(Nc1nc(NCC2CC2)nc(-c2cccc(CO)c2)n1)C1CC1. The smallest absolute Gasteiger partial charge is 0.228 e. The van der Waals surface area contributed by atoms with E-state index in [4.69, 9.17) is 0 Å². The number of rotatable bonds is 8. The predicted molar refractivity (Wildman–Crippen MR) is 98.2 cm³/mol. The van der Waals surface area contributed by atoms with Crippen molar-refractivity contribution in [2.24, 2.45) is 11.8 Å². The van der Waals surface area contributed by atoms with Crippen LogP contribution in [0.4, 0.5) is 11.9 Å². The summed E-state index contributed by atoms with van der Waals surface area (Å²) in [6.45, 7) is 3.11. The number of anilines is 2. The molecule has 0 spiro atoms. The van der Waals surface area contributed by atoms with Crippen LogP contribution in [0.1, 0.15) is 38.2 Å². The minimum absolute atomic E-state index is 0.00946. The van der Waals surface area contributed by atoms with E-state index in [0.717, 1.165) is 29.5 Å². The van der Waals surface area contributed by atoms with E-state index in [1.165, 1.54) is 25.7 Å². The molecule has 1 aromatic carbocycles. The van der Waals surface area contributed by atoms with Crippen LogP contribution < -0.4 is 10.6 Å². The van der Waals surface area contributed by atoms with Crippen LogP contribution in [0.2, 0.25) is 0 Å². The third kappa shape index (κ3) is 4.25. The number of aliphatic hydroxyl groups is 1. The third-order valence-corrected chi connectivity index (χ3v) is 4.93. The number of aromatic nitrogens is 3. The van der Waals surface area contributed by atoms with E-state index < -0.39 is 0 Å². The van der Waals surface area contributed by atoms with Crippen LogP contribution in [0.3, 0.4) is 0 Å². The van der Waals surface area contributed by atoms with Gasteiger partial charge in [-0.3, -0.25) is 0 Å². The zero-order chi connectivity index (χ0) is 17.2. The molecule has 0 amide bonds. The first kappa shape index (κ1) is 16.3. The highest BCUT2D eigenvalue weighted by Gasteiger charge is 2.28. The van der Waals surface area contributed by atoms with Gasteiger partial charge in [-0.1, -0.05) is 18.2 Å². The van der Waals surface area contributed by atoms with Crippen LogP contribution in [0, 0.1) is 11.8 Å². The zero-order valence-corrected chi connectivity index (χ0v) is 14.6. The van der Waals surface area contributed by atoms with E-state index in [1.807, 2.05) is 24.3 Å². The van der Waals surface area contributed by atoms with Crippen LogP contribution in [0.25, 0.3) is 11.4 Å². The molecule has 2 saturated carbocycles. The monoisotopic (exact) mass is 339 g/mol. The summed E-state index contributed by atoms with van der Waals surface area (Å²) in [4.78, 5) is 13.8. The molecule has 1 atom stereocenters. The van der Waals surface area contributed by atoms with Gasteiger partial charge in [-0.15, -0.1) is 0 Å². The van der Waals surface area contributed by atoms with Gasteiger partial charge in [-0.2, -0.15) is 15.0 Å². The molecule has 2 fully saturated rings. The molecule has 2 aliphatic carbocycles. The Morgan fingerprint density at radius 3 is 2.64 bits per heavy atom. The van der Waals surface area contributed by atoms with Gasteiger partial charge in [0.2, 0.25) is 11.9 Å². The van der Waals surface area contributed by atoms with Gasteiger partial charge >= 0.3 is 0 Å².